The van der Waals surface area contributed by atoms with Crippen LogP contribution in [0.25, 0.3) is 0 Å². The van der Waals surface area contributed by atoms with Gasteiger partial charge in [-0.2, -0.15) is 0 Å². The molecule has 0 aromatic rings. The van der Waals surface area contributed by atoms with E-state index in [1.54, 1.807) is 0 Å². The van der Waals surface area contributed by atoms with Crippen molar-refractivity contribution >= 4 is 23.9 Å². The van der Waals surface area contributed by atoms with Crippen molar-refractivity contribution in [1.29, 1.82) is 0 Å². The fourth-order valence-electron chi connectivity index (χ4n) is 6.04. The van der Waals surface area contributed by atoms with E-state index in [0.29, 0.717) is 0 Å². The van der Waals surface area contributed by atoms with E-state index in [-0.39, 0.29) is 65.3 Å². The molecule has 6 rings (SSSR count). The topological polar surface area (TPSA) is 201 Å². The maximum atomic E-state index is 12.4. The number of aliphatic hydroxyl groups excluding tert-OH is 2. The highest BCUT2D eigenvalue weighted by Crippen LogP contribution is 2.32. The van der Waals surface area contributed by atoms with Crippen molar-refractivity contribution < 1.29 is 76.8 Å². The SMILES string of the molecule is O=C(CCC(=O)O[C@H]1CO[C@H]2[C@@H]1OC[C@@H]2O)O[C@H]1CO[C@H]2[C@@H]1OC[C@@H]2OC(=O)CCC(=O)O[C@H]1CO[C@H]2[C@@H]1OC[C@@H]2O. The van der Waals surface area contributed by atoms with Crippen LogP contribution < -0.4 is 0 Å². The summed E-state index contributed by atoms with van der Waals surface area (Å²) < 4.78 is 54.6. The largest absolute Gasteiger partial charge is 0.457 e. The Morgan fingerprint density at radius 3 is 0.976 bits per heavy atom. The molecule has 0 aliphatic carbocycles. The van der Waals surface area contributed by atoms with E-state index in [0.717, 1.165) is 0 Å². The van der Waals surface area contributed by atoms with Gasteiger partial charge in [0.25, 0.3) is 0 Å². The number of ether oxygens (including phenoxy) is 10. The smallest absolute Gasteiger partial charge is 0.306 e. The van der Waals surface area contributed by atoms with Crippen LogP contribution in [-0.4, -0.2) is 147 Å². The van der Waals surface area contributed by atoms with Gasteiger partial charge in [-0.3, -0.25) is 19.2 Å². The molecular formula is C26H34O16. The Kier molecular flexibility index (Phi) is 8.93. The van der Waals surface area contributed by atoms with Crippen LogP contribution in [0.15, 0.2) is 0 Å². The fourth-order valence-corrected chi connectivity index (χ4v) is 6.04. The number of hydrogen-bond donors (Lipinski definition) is 2. The Balaban J connectivity index is 0.869. The summed E-state index contributed by atoms with van der Waals surface area (Å²) >= 11 is 0. The van der Waals surface area contributed by atoms with Crippen molar-refractivity contribution in [2.75, 3.05) is 39.6 Å². The van der Waals surface area contributed by atoms with Gasteiger partial charge >= 0.3 is 23.9 Å². The predicted molar refractivity (Wildman–Crippen MR) is 128 cm³/mol. The first-order valence-electron chi connectivity index (χ1n) is 14.1. The number of carbonyl (C=O) groups excluding carboxylic acids is 4. The van der Waals surface area contributed by atoms with E-state index < -0.39 is 97.1 Å². The molecule has 6 saturated heterocycles. The van der Waals surface area contributed by atoms with Crippen LogP contribution >= 0.6 is 0 Å². The quantitative estimate of drug-likeness (QED) is 0.193. The molecule has 0 spiro atoms. The zero-order chi connectivity index (χ0) is 29.4. The normalized spacial score (nSPS) is 41.7. The molecule has 2 N–H and O–H groups in total. The van der Waals surface area contributed by atoms with Crippen molar-refractivity contribution in [1.82, 2.24) is 0 Å². The average Bonchev–Trinajstić information content (AvgIpc) is 3.79. The van der Waals surface area contributed by atoms with Gasteiger partial charge in [-0.1, -0.05) is 0 Å². The van der Waals surface area contributed by atoms with Gasteiger partial charge in [0.05, 0.1) is 65.3 Å². The zero-order valence-electron chi connectivity index (χ0n) is 22.6. The molecule has 6 aliphatic heterocycles. The van der Waals surface area contributed by atoms with E-state index in [2.05, 4.69) is 0 Å². The Bertz CT molecular complexity index is 956. The van der Waals surface area contributed by atoms with Gasteiger partial charge in [0, 0.05) is 0 Å². The summed E-state index contributed by atoms with van der Waals surface area (Å²) in [5, 5.41) is 19.6. The predicted octanol–water partition coefficient (Wildman–Crippen LogP) is -2.69. The summed E-state index contributed by atoms with van der Waals surface area (Å²) in [6.07, 6.45) is -8.64. The summed E-state index contributed by atoms with van der Waals surface area (Å²) in [6, 6.07) is 0. The Labute approximate surface area is 239 Å². The minimum Gasteiger partial charge on any atom is -0.457 e. The second-order valence-corrected chi connectivity index (χ2v) is 11.0. The molecule has 16 nitrogen and oxygen atoms in total. The van der Waals surface area contributed by atoms with Gasteiger partial charge < -0.3 is 57.6 Å². The summed E-state index contributed by atoms with van der Waals surface area (Å²) in [7, 11) is 0. The molecule has 0 amide bonds. The molecule has 0 radical (unpaired) electrons. The van der Waals surface area contributed by atoms with Crippen LogP contribution in [0.1, 0.15) is 25.7 Å². The van der Waals surface area contributed by atoms with Crippen molar-refractivity contribution in [2.45, 2.75) is 98.9 Å². The first-order valence-corrected chi connectivity index (χ1v) is 14.1. The monoisotopic (exact) mass is 602 g/mol. The molecule has 0 bridgehead atoms. The molecule has 0 aromatic carbocycles. The van der Waals surface area contributed by atoms with Gasteiger partial charge in [0.1, 0.15) is 48.8 Å². The van der Waals surface area contributed by atoms with E-state index in [1.807, 2.05) is 0 Å². The summed E-state index contributed by atoms with van der Waals surface area (Å²) in [4.78, 5) is 49.2. The van der Waals surface area contributed by atoms with E-state index in [1.165, 1.54) is 0 Å². The minimum atomic E-state index is -0.763. The van der Waals surface area contributed by atoms with Crippen LogP contribution in [0.3, 0.4) is 0 Å². The lowest BCUT2D eigenvalue weighted by Crippen LogP contribution is -2.36. The lowest BCUT2D eigenvalue weighted by molar-refractivity contribution is -0.161. The maximum Gasteiger partial charge on any atom is 0.306 e. The minimum absolute atomic E-state index is 0.0242. The third kappa shape index (κ3) is 6.26. The van der Waals surface area contributed by atoms with Crippen molar-refractivity contribution in [2.24, 2.45) is 0 Å². The highest BCUT2D eigenvalue weighted by molar-refractivity contribution is 5.78. The third-order valence-corrected chi connectivity index (χ3v) is 8.12. The summed E-state index contributed by atoms with van der Waals surface area (Å²) in [6.45, 7) is 0.482. The second-order valence-electron chi connectivity index (χ2n) is 11.0. The van der Waals surface area contributed by atoms with E-state index in [9.17, 15) is 29.4 Å². The molecule has 0 unspecified atom stereocenters. The fraction of sp³-hybridized carbons (Fsp3) is 0.846. The number of rotatable bonds is 10. The average molecular weight is 603 g/mol. The molecule has 234 valence electrons. The molecule has 42 heavy (non-hydrogen) atoms. The van der Waals surface area contributed by atoms with Crippen LogP contribution in [0.2, 0.25) is 0 Å². The van der Waals surface area contributed by atoms with Crippen molar-refractivity contribution in [3.8, 4) is 0 Å². The van der Waals surface area contributed by atoms with Gasteiger partial charge in [-0.25, -0.2) is 0 Å². The van der Waals surface area contributed by atoms with Crippen LogP contribution in [0.5, 0.6) is 0 Å². The Hall–Kier alpha value is -2.44. The van der Waals surface area contributed by atoms with Crippen LogP contribution in [0, 0.1) is 0 Å². The number of fused-ring (bicyclic) bond motifs is 3. The first-order chi connectivity index (χ1) is 20.3. The third-order valence-electron chi connectivity index (χ3n) is 8.12. The maximum absolute atomic E-state index is 12.4. The summed E-state index contributed by atoms with van der Waals surface area (Å²) in [5.74, 6) is -2.53. The van der Waals surface area contributed by atoms with E-state index >= 15 is 0 Å². The molecule has 16 heteroatoms. The molecular weight excluding hydrogens is 568 g/mol. The number of esters is 4. The number of carbonyl (C=O) groups is 4. The van der Waals surface area contributed by atoms with Crippen molar-refractivity contribution in [3.63, 3.8) is 0 Å². The van der Waals surface area contributed by atoms with Crippen LogP contribution in [-0.2, 0) is 66.5 Å². The Morgan fingerprint density at radius 1 is 0.429 bits per heavy atom. The van der Waals surface area contributed by atoms with Crippen molar-refractivity contribution in [3.05, 3.63) is 0 Å². The zero-order valence-corrected chi connectivity index (χ0v) is 22.6. The lowest BCUT2D eigenvalue weighted by Gasteiger charge is -2.18. The molecule has 6 heterocycles. The van der Waals surface area contributed by atoms with Gasteiger partial charge in [0.2, 0.25) is 0 Å². The van der Waals surface area contributed by atoms with Gasteiger partial charge in [0.15, 0.2) is 24.4 Å². The number of aliphatic hydroxyl groups is 2. The van der Waals surface area contributed by atoms with Gasteiger partial charge in [-0.15, -0.1) is 0 Å². The molecule has 6 fully saturated rings. The van der Waals surface area contributed by atoms with Crippen LogP contribution in [0.4, 0.5) is 0 Å². The first kappa shape index (κ1) is 29.6. The lowest BCUT2D eigenvalue weighted by atomic mass is 10.1. The van der Waals surface area contributed by atoms with E-state index in [4.69, 9.17) is 47.4 Å². The second kappa shape index (κ2) is 12.7. The molecule has 0 saturated carbocycles. The highest BCUT2D eigenvalue weighted by Gasteiger charge is 2.52. The van der Waals surface area contributed by atoms with Gasteiger partial charge in [-0.05, 0) is 0 Å². The standard InChI is InChI=1S/C26H34O16/c27-11-5-33-23-13(7-35-21(11)23)39-17(29)1-3-19(31)41-15-9-37-26-16(10-38-25(15)26)42-20(32)4-2-18(30)40-14-8-36-22-12(28)6-34-24(14)22/h11-16,21-28H,1-10H2/t11-,12-,13-,14-,15-,16-,21+,22+,23+,24+,25+,26+/m0/s1. The number of hydrogen-bond acceptors (Lipinski definition) is 16. The molecule has 12 atom stereocenters. The molecule has 0 aromatic heterocycles. The summed E-state index contributed by atoms with van der Waals surface area (Å²) in [5.41, 5.74) is 0. The Morgan fingerprint density at radius 2 is 0.667 bits per heavy atom. The molecule has 6 aliphatic rings. The highest BCUT2D eigenvalue weighted by atomic mass is 16.7.